The van der Waals surface area contributed by atoms with Gasteiger partial charge in [0.25, 0.3) is 0 Å². The number of aliphatic carboxylic acids is 1. The van der Waals surface area contributed by atoms with Gasteiger partial charge in [-0.15, -0.1) is 0 Å². The molecule has 0 saturated heterocycles. The van der Waals surface area contributed by atoms with Gasteiger partial charge in [-0.25, -0.2) is 0 Å². The molecule has 0 aliphatic rings. The van der Waals surface area contributed by atoms with E-state index in [1.807, 2.05) is 0 Å². The van der Waals surface area contributed by atoms with Crippen molar-refractivity contribution in [2.75, 3.05) is 0 Å². The number of nitro benzene ring substituents is 1. The number of benzene rings is 1. The summed E-state index contributed by atoms with van der Waals surface area (Å²) in [5.41, 5.74) is -0.826. The van der Waals surface area contributed by atoms with E-state index in [9.17, 15) is 23.7 Å². The quantitative estimate of drug-likeness (QED) is 0.661. The van der Waals surface area contributed by atoms with E-state index in [1.54, 1.807) is 0 Å². The minimum atomic E-state index is -3.25. The first-order valence-electron chi connectivity index (χ1n) is 4.44. The highest BCUT2D eigenvalue weighted by atomic mass is 35.5. The molecule has 18 heavy (non-hydrogen) atoms. The zero-order chi connectivity index (χ0) is 13.9. The number of rotatable bonds is 5. The summed E-state index contributed by atoms with van der Waals surface area (Å²) in [6, 6.07) is 1.60. The van der Waals surface area contributed by atoms with Crippen molar-refractivity contribution in [3.05, 3.63) is 32.8 Å². The van der Waals surface area contributed by atoms with Crippen LogP contribution in [-0.4, -0.2) is 22.6 Å². The Hall–Kier alpha value is -1.96. The minimum absolute atomic E-state index is 0.0579. The fourth-order valence-corrected chi connectivity index (χ4v) is 1.44. The monoisotopic (exact) mass is 281 g/mol. The highest BCUT2D eigenvalue weighted by Gasteiger charge is 2.22. The molecule has 0 fully saturated rings. The van der Waals surface area contributed by atoms with Crippen molar-refractivity contribution in [1.82, 2.24) is 0 Å². The molecule has 0 unspecified atom stereocenters. The Morgan fingerprint density at radius 3 is 2.61 bits per heavy atom. The van der Waals surface area contributed by atoms with Crippen LogP contribution >= 0.6 is 11.6 Å². The Kier molecular flexibility index (Phi) is 4.38. The van der Waals surface area contributed by atoms with E-state index in [1.165, 1.54) is 0 Å². The summed E-state index contributed by atoms with van der Waals surface area (Å²) in [7, 11) is 0. The average Bonchev–Trinajstić information content (AvgIpc) is 2.19. The summed E-state index contributed by atoms with van der Waals surface area (Å²) in [5.74, 6) is -1.97. The van der Waals surface area contributed by atoms with Crippen LogP contribution < -0.4 is 4.74 Å². The maximum atomic E-state index is 12.0. The predicted octanol–water partition coefficient (Wildman–Crippen LogP) is 2.48. The summed E-state index contributed by atoms with van der Waals surface area (Å²) in [4.78, 5) is 20.2. The number of alkyl halides is 2. The normalized spacial score (nSPS) is 10.4. The highest BCUT2D eigenvalue weighted by molar-refractivity contribution is 6.31. The molecule has 1 aromatic carbocycles. The molecule has 1 rings (SSSR count). The number of nitrogens with zero attached hydrogens (tertiary/aromatic N) is 1. The lowest BCUT2D eigenvalue weighted by Gasteiger charge is -2.08. The van der Waals surface area contributed by atoms with Gasteiger partial charge in [0.05, 0.1) is 11.3 Å². The maximum Gasteiger partial charge on any atom is 0.387 e. The molecular weight excluding hydrogens is 276 g/mol. The van der Waals surface area contributed by atoms with Crippen molar-refractivity contribution in [3.63, 3.8) is 0 Å². The summed E-state index contributed by atoms with van der Waals surface area (Å²) in [5, 5.41) is 19.0. The molecule has 1 N–H and O–H groups in total. The molecule has 1 aromatic rings. The van der Waals surface area contributed by atoms with Crippen molar-refractivity contribution in [1.29, 1.82) is 0 Å². The SMILES string of the molecule is O=C(O)Cc1cc([N+](=O)[O-])c(OC(F)F)cc1Cl. The van der Waals surface area contributed by atoms with Gasteiger partial charge in [0.15, 0.2) is 0 Å². The Morgan fingerprint density at radius 2 is 2.17 bits per heavy atom. The Morgan fingerprint density at radius 1 is 1.56 bits per heavy atom. The fourth-order valence-electron chi connectivity index (χ4n) is 1.22. The number of halogens is 3. The molecule has 0 aromatic heterocycles. The lowest BCUT2D eigenvalue weighted by atomic mass is 10.1. The van der Waals surface area contributed by atoms with Crippen LogP contribution in [0, 0.1) is 10.1 Å². The van der Waals surface area contributed by atoms with E-state index in [4.69, 9.17) is 16.7 Å². The lowest BCUT2D eigenvalue weighted by molar-refractivity contribution is -0.386. The number of hydrogen-bond donors (Lipinski definition) is 1. The number of carboxylic acid groups (broad SMARTS) is 1. The molecule has 0 heterocycles. The van der Waals surface area contributed by atoms with Crippen LogP contribution in [-0.2, 0) is 11.2 Å². The van der Waals surface area contributed by atoms with Crippen molar-refractivity contribution < 1.29 is 28.3 Å². The number of ether oxygens (including phenoxy) is 1. The minimum Gasteiger partial charge on any atom is -0.481 e. The van der Waals surface area contributed by atoms with E-state index in [0.717, 1.165) is 12.1 Å². The Labute approximate surface area is 104 Å². The van der Waals surface area contributed by atoms with E-state index in [-0.39, 0.29) is 10.6 Å². The van der Waals surface area contributed by atoms with E-state index in [2.05, 4.69) is 4.74 Å². The van der Waals surface area contributed by atoms with Crippen LogP contribution in [0.3, 0.4) is 0 Å². The smallest absolute Gasteiger partial charge is 0.387 e. The number of nitro groups is 1. The lowest BCUT2D eigenvalue weighted by Crippen LogP contribution is -2.07. The Bertz CT molecular complexity index is 494. The van der Waals surface area contributed by atoms with Crippen LogP contribution in [0.25, 0.3) is 0 Å². The van der Waals surface area contributed by atoms with Crippen LogP contribution in [0.5, 0.6) is 5.75 Å². The molecule has 6 nitrogen and oxygen atoms in total. The molecule has 0 radical (unpaired) electrons. The van der Waals surface area contributed by atoms with Gasteiger partial charge in [-0.05, 0) is 5.56 Å². The highest BCUT2D eigenvalue weighted by Crippen LogP contribution is 2.34. The van der Waals surface area contributed by atoms with Crippen molar-refractivity contribution in [2.24, 2.45) is 0 Å². The summed E-state index contributed by atoms with van der Waals surface area (Å²) < 4.78 is 28.0. The molecule has 98 valence electrons. The van der Waals surface area contributed by atoms with Crippen molar-refractivity contribution in [2.45, 2.75) is 13.0 Å². The average molecular weight is 282 g/mol. The van der Waals surface area contributed by atoms with Gasteiger partial charge in [-0.1, -0.05) is 11.6 Å². The molecule has 0 saturated carbocycles. The third kappa shape index (κ3) is 3.52. The molecule has 0 atom stereocenters. The second kappa shape index (κ2) is 5.58. The van der Waals surface area contributed by atoms with Crippen molar-refractivity contribution in [3.8, 4) is 5.75 Å². The Balaban J connectivity index is 3.25. The summed E-state index contributed by atoms with van der Waals surface area (Å²) >= 11 is 5.62. The molecular formula is C9H6ClF2NO5. The molecule has 0 aliphatic carbocycles. The molecule has 0 amide bonds. The number of carbonyl (C=O) groups is 1. The van der Waals surface area contributed by atoms with Gasteiger partial charge < -0.3 is 9.84 Å². The number of carboxylic acids is 1. The van der Waals surface area contributed by atoms with Gasteiger partial charge in [0, 0.05) is 17.2 Å². The van der Waals surface area contributed by atoms with Crippen LogP contribution in [0.15, 0.2) is 12.1 Å². The largest absolute Gasteiger partial charge is 0.481 e. The molecule has 9 heteroatoms. The van der Waals surface area contributed by atoms with Crippen molar-refractivity contribution >= 4 is 23.3 Å². The second-order valence-electron chi connectivity index (χ2n) is 3.12. The van der Waals surface area contributed by atoms with Gasteiger partial charge in [-0.2, -0.15) is 8.78 Å². The van der Waals surface area contributed by atoms with E-state index in [0.29, 0.717) is 0 Å². The molecule has 0 bridgehead atoms. The van der Waals surface area contributed by atoms with E-state index < -0.39 is 35.4 Å². The fraction of sp³-hybridized carbons (Fsp3) is 0.222. The zero-order valence-electron chi connectivity index (χ0n) is 8.60. The van der Waals surface area contributed by atoms with E-state index >= 15 is 0 Å². The third-order valence-electron chi connectivity index (χ3n) is 1.88. The topological polar surface area (TPSA) is 89.7 Å². The van der Waals surface area contributed by atoms with Crippen LogP contribution in [0.2, 0.25) is 5.02 Å². The summed E-state index contributed by atoms with van der Waals surface area (Å²) in [6.45, 7) is -3.25. The van der Waals surface area contributed by atoms with Gasteiger partial charge >= 0.3 is 18.3 Å². The van der Waals surface area contributed by atoms with Crippen LogP contribution in [0.4, 0.5) is 14.5 Å². The standard InChI is InChI=1S/C9H6ClF2NO5/c10-5-3-7(18-9(11)12)6(13(16)17)1-4(5)2-8(14)15/h1,3,9H,2H2,(H,14,15). The summed E-state index contributed by atoms with van der Waals surface area (Å²) in [6.07, 6.45) is -0.561. The molecule has 0 aliphatic heterocycles. The first-order chi connectivity index (χ1) is 8.31. The van der Waals surface area contributed by atoms with Gasteiger partial charge in [0.2, 0.25) is 5.75 Å². The number of hydrogen-bond acceptors (Lipinski definition) is 4. The maximum absolute atomic E-state index is 12.0. The second-order valence-corrected chi connectivity index (χ2v) is 3.52. The van der Waals surface area contributed by atoms with Crippen LogP contribution in [0.1, 0.15) is 5.56 Å². The van der Waals surface area contributed by atoms with Gasteiger partial charge in [0.1, 0.15) is 0 Å². The first kappa shape index (κ1) is 14.1. The predicted molar refractivity (Wildman–Crippen MR) is 56.1 cm³/mol. The zero-order valence-corrected chi connectivity index (χ0v) is 9.36. The molecule has 0 spiro atoms. The van der Waals surface area contributed by atoms with Gasteiger partial charge in [-0.3, -0.25) is 14.9 Å². The first-order valence-corrected chi connectivity index (χ1v) is 4.82. The third-order valence-corrected chi connectivity index (χ3v) is 2.23.